The fraction of sp³-hybridized carbons (Fsp3) is 0.886. The summed E-state index contributed by atoms with van der Waals surface area (Å²) in [6.07, 6.45) is 11.9. The molecule has 0 radical (unpaired) electrons. The van der Waals surface area contributed by atoms with Crippen molar-refractivity contribution in [1.82, 2.24) is 0 Å². The van der Waals surface area contributed by atoms with Crippen LogP contribution in [0, 0.1) is 52.3 Å². The van der Waals surface area contributed by atoms with Crippen LogP contribution in [0.15, 0.2) is 23.8 Å². The Hall–Kier alpha value is -0.760. The molecule has 4 aliphatic carbocycles. The molecule has 0 spiro atoms. The number of allylic oxidation sites excluding steroid dienone is 3. The summed E-state index contributed by atoms with van der Waals surface area (Å²) in [4.78, 5) is 0. The third kappa shape index (κ3) is 5.64. The van der Waals surface area contributed by atoms with Crippen molar-refractivity contribution in [1.29, 1.82) is 0 Å². The average molecular weight is 575 g/mol. The number of aliphatic hydroxyl groups excluding tert-OH is 4. The third-order valence-corrected chi connectivity index (χ3v) is 12.9. The number of ether oxygens (including phenoxy) is 2. The minimum atomic E-state index is -1.40. The van der Waals surface area contributed by atoms with Gasteiger partial charge in [0.1, 0.15) is 24.4 Å². The van der Waals surface area contributed by atoms with Crippen LogP contribution in [0.25, 0.3) is 0 Å². The van der Waals surface area contributed by atoms with Gasteiger partial charge < -0.3 is 29.9 Å². The number of aliphatic hydroxyl groups is 4. The van der Waals surface area contributed by atoms with Gasteiger partial charge in [-0.05, 0) is 110 Å². The second kappa shape index (κ2) is 12.3. The van der Waals surface area contributed by atoms with Gasteiger partial charge in [-0.15, -0.1) is 0 Å². The highest BCUT2D eigenvalue weighted by Gasteiger charge is 2.59. The standard InChI is InChI=1S/C35H58O6/c1-7-22(20(2)3)9-8-21(4)26-12-13-27-25-11-10-23-18-24(14-16-34(23,5)28(25)15-17-35(26,27)6)40-33-32(39)31(38)30(37)29(19-36)41-33/h8-10,20-22,24-33,36-39H,7,11-19H2,1-6H3/b9-8+/t21-,22-,24+,25+,26-,27+,28+,29-,30+,31+,32-,33-,34+,35-/m1/s1. The van der Waals surface area contributed by atoms with Gasteiger partial charge in [-0.25, -0.2) is 0 Å². The highest BCUT2D eigenvalue weighted by Crippen LogP contribution is 2.67. The summed E-state index contributed by atoms with van der Waals surface area (Å²) in [6.45, 7) is 14.2. The molecule has 6 heteroatoms. The number of hydrogen-bond acceptors (Lipinski definition) is 6. The Kier molecular flexibility index (Phi) is 9.51. The van der Waals surface area contributed by atoms with Crippen molar-refractivity contribution in [2.45, 2.75) is 136 Å². The van der Waals surface area contributed by atoms with E-state index in [-0.39, 0.29) is 11.5 Å². The number of hydrogen-bond donors (Lipinski definition) is 4. The van der Waals surface area contributed by atoms with E-state index in [9.17, 15) is 20.4 Å². The van der Waals surface area contributed by atoms with E-state index >= 15 is 0 Å². The first kappa shape index (κ1) is 31.7. The van der Waals surface area contributed by atoms with Crippen LogP contribution >= 0.6 is 0 Å². The molecule has 4 fully saturated rings. The van der Waals surface area contributed by atoms with E-state index in [0.717, 1.165) is 43.4 Å². The van der Waals surface area contributed by atoms with Gasteiger partial charge in [-0.3, -0.25) is 0 Å². The zero-order valence-corrected chi connectivity index (χ0v) is 26.4. The van der Waals surface area contributed by atoms with Crippen molar-refractivity contribution in [2.75, 3.05) is 6.61 Å². The van der Waals surface area contributed by atoms with Crippen LogP contribution in [-0.2, 0) is 9.47 Å². The van der Waals surface area contributed by atoms with Gasteiger partial charge in [0.15, 0.2) is 6.29 Å². The summed E-state index contributed by atoms with van der Waals surface area (Å²) in [5.41, 5.74) is 2.11. The van der Waals surface area contributed by atoms with Crippen molar-refractivity contribution in [3.8, 4) is 0 Å². The monoisotopic (exact) mass is 574 g/mol. The Balaban J connectivity index is 1.26. The predicted octanol–water partition coefficient (Wildman–Crippen LogP) is 5.63. The summed E-state index contributed by atoms with van der Waals surface area (Å²) in [5.74, 6) is 5.05. The maximum absolute atomic E-state index is 10.5. The summed E-state index contributed by atoms with van der Waals surface area (Å²) in [5, 5.41) is 40.4. The Labute approximate surface area is 248 Å². The first-order valence-corrected chi connectivity index (χ1v) is 16.8. The lowest BCUT2D eigenvalue weighted by Crippen LogP contribution is -2.60. The van der Waals surface area contributed by atoms with Crippen LogP contribution < -0.4 is 0 Å². The summed E-state index contributed by atoms with van der Waals surface area (Å²) in [7, 11) is 0. The highest BCUT2D eigenvalue weighted by atomic mass is 16.7. The molecule has 0 aromatic heterocycles. The molecule has 0 aromatic rings. The molecule has 0 bridgehead atoms. The molecule has 1 aliphatic heterocycles. The molecule has 1 heterocycles. The van der Waals surface area contributed by atoms with Gasteiger partial charge in [0.25, 0.3) is 0 Å². The zero-order chi connectivity index (χ0) is 29.7. The van der Waals surface area contributed by atoms with Gasteiger partial charge in [0.05, 0.1) is 12.7 Å². The first-order chi connectivity index (χ1) is 19.4. The smallest absolute Gasteiger partial charge is 0.186 e. The van der Waals surface area contributed by atoms with Crippen LogP contribution in [0.2, 0.25) is 0 Å². The summed E-state index contributed by atoms with van der Waals surface area (Å²) >= 11 is 0. The minimum Gasteiger partial charge on any atom is -0.394 e. The van der Waals surface area contributed by atoms with Crippen LogP contribution in [0.1, 0.15) is 99.3 Å². The van der Waals surface area contributed by atoms with Crippen molar-refractivity contribution in [3.05, 3.63) is 23.8 Å². The largest absolute Gasteiger partial charge is 0.394 e. The lowest BCUT2D eigenvalue weighted by molar-refractivity contribution is -0.313. The van der Waals surface area contributed by atoms with Gasteiger partial charge in [-0.2, -0.15) is 0 Å². The van der Waals surface area contributed by atoms with E-state index in [1.807, 2.05) is 0 Å². The molecule has 0 aromatic carbocycles. The maximum Gasteiger partial charge on any atom is 0.186 e. The molecular weight excluding hydrogens is 516 g/mol. The van der Waals surface area contributed by atoms with Gasteiger partial charge in [0, 0.05) is 0 Å². The average Bonchev–Trinajstić information content (AvgIpc) is 3.30. The Morgan fingerprint density at radius 3 is 2.41 bits per heavy atom. The zero-order valence-electron chi connectivity index (χ0n) is 26.4. The van der Waals surface area contributed by atoms with Crippen molar-refractivity contribution < 1.29 is 29.9 Å². The Morgan fingerprint density at radius 1 is 0.976 bits per heavy atom. The van der Waals surface area contributed by atoms with Crippen molar-refractivity contribution >= 4 is 0 Å². The fourth-order valence-electron chi connectivity index (χ4n) is 10.3. The fourth-order valence-corrected chi connectivity index (χ4v) is 10.3. The van der Waals surface area contributed by atoms with E-state index < -0.39 is 37.3 Å². The predicted molar refractivity (Wildman–Crippen MR) is 161 cm³/mol. The molecule has 4 N–H and O–H groups in total. The second-order valence-electron chi connectivity index (χ2n) is 15.2. The molecule has 5 rings (SSSR count). The van der Waals surface area contributed by atoms with Crippen LogP contribution in [0.5, 0.6) is 0 Å². The van der Waals surface area contributed by atoms with Gasteiger partial charge in [0.2, 0.25) is 0 Å². The maximum atomic E-state index is 10.5. The lowest BCUT2D eigenvalue weighted by Gasteiger charge is -2.58. The summed E-state index contributed by atoms with van der Waals surface area (Å²) < 4.78 is 11.9. The Bertz CT molecular complexity index is 960. The normalized spacial score (nSPS) is 47.9. The topological polar surface area (TPSA) is 99.4 Å². The molecular formula is C35H58O6. The molecule has 1 saturated heterocycles. The summed E-state index contributed by atoms with van der Waals surface area (Å²) in [6, 6.07) is 0. The molecule has 14 atom stereocenters. The van der Waals surface area contributed by atoms with Gasteiger partial charge >= 0.3 is 0 Å². The van der Waals surface area contributed by atoms with E-state index in [1.54, 1.807) is 0 Å². The van der Waals surface area contributed by atoms with E-state index in [4.69, 9.17) is 9.47 Å². The molecule has 234 valence electrons. The lowest BCUT2D eigenvalue weighted by atomic mass is 9.47. The van der Waals surface area contributed by atoms with Crippen LogP contribution in [0.3, 0.4) is 0 Å². The quantitative estimate of drug-likeness (QED) is 0.281. The second-order valence-corrected chi connectivity index (χ2v) is 15.2. The third-order valence-electron chi connectivity index (χ3n) is 12.9. The van der Waals surface area contributed by atoms with E-state index in [1.165, 1.54) is 37.7 Å². The van der Waals surface area contributed by atoms with E-state index in [0.29, 0.717) is 29.1 Å². The van der Waals surface area contributed by atoms with E-state index in [2.05, 4.69) is 59.8 Å². The number of rotatable bonds is 8. The molecule has 41 heavy (non-hydrogen) atoms. The van der Waals surface area contributed by atoms with Crippen LogP contribution in [0.4, 0.5) is 0 Å². The molecule has 3 saturated carbocycles. The van der Waals surface area contributed by atoms with Gasteiger partial charge in [-0.1, -0.05) is 65.3 Å². The van der Waals surface area contributed by atoms with Crippen molar-refractivity contribution in [2.24, 2.45) is 52.3 Å². The first-order valence-electron chi connectivity index (χ1n) is 16.8. The molecule has 0 amide bonds. The van der Waals surface area contributed by atoms with Crippen molar-refractivity contribution in [3.63, 3.8) is 0 Å². The molecule has 6 nitrogen and oxygen atoms in total. The van der Waals surface area contributed by atoms with Crippen LogP contribution in [-0.4, -0.2) is 63.8 Å². The number of fused-ring (bicyclic) bond motifs is 5. The SMILES string of the molecule is CC[C@H](/C=C/[C@@H](C)[C@H]1CC[C@H]2[C@@H]3CC=C4C[C@@H](O[C@@H]5O[C@H](CO)[C@H](O)[C@H](O)[C@H]5O)CC[C@]4(C)[C@H]3CC[C@]12C)C(C)C. The molecule has 0 unspecified atom stereocenters. The minimum absolute atomic E-state index is 0.109. The Morgan fingerprint density at radius 2 is 1.73 bits per heavy atom. The molecule has 5 aliphatic rings. The highest BCUT2D eigenvalue weighted by molar-refractivity contribution is 5.25.